The predicted molar refractivity (Wildman–Crippen MR) is 129 cm³/mol. The summed E-state index contributed by atoms with van der Waals surface area (Å²) in [7, 11) is 0. The summed E-state index contributed by atoms with van der Waals surface area (Å²) in [5.74, 6) is 0.425. The van der Waals surface area contributed by atoms with Crippen LogP contribution in [-0.4, -0.2) is 26.4 Å². The van der Waals surface area contributed by atoms with Crippen molar-refractivity contribution in [3.8, 4) is 5.69 Å². The molecule has 1 amide bonds. The molecule has 4 aromatic rings. The number of nitrogens with zero attached hydrogens (tertiary/aromatic N) is 3. The Bertz CT molecular complexity index is 1230. The van der Waals surface area contributed by atoms with Crippen LogP contribution in [0.25, 0.3) is 5.69 Å². The molecule has 4 rings (SSSR count). The molecule has 5 nitrogen and oxygen atoms in total. The van der Waals surface area contributed by atoms with E-state index in [0.717, 1.165) is 27.0 Å². The molecule has 0 unspecified atom stereocenters. The summed E-state index contributed by atoms with van der Waals surface area (Å²) in [6, 6.07) is 21.8. The second kappa shape index (κ2) is 10.1. The SMILES string of the molecule is Cc1cc(NC(=O)CSc2nnc(Cc3ccccc3)n2-c2ccc(F)cc2)ccc1Br. The molecule has 1 heterocycles. The second-order valence-corrected chi connectivity index (χ2v) is 8.97. The molecule has 32 heavy (non-hydrogen) atoms. The van der Waals surface area contributed by atoms with Crippen molar-refractivity contribution in [2.45, 2.75) is 18.5 Å². The number of anilines is 1. The number of rotatable bonds is 7. The summed E-state index contributed by atoms with van der Waals surface area (Å²) < 4.78 is 16.3. The van der Waals surface area contributed by atoms with Gasteiger partial charge >= 0.3 is 0 Å². The second-order valence-electron chi connectivity index (χ2n) is 7.17. The van der Waals surface area contributed by atoms with Gasteiger partial charge in [-0.1, -0.05) is 58.0 Å². The molecule has 0 saturated carbocycles. The Hall–Kier alpha value is -2.97. The number of halogens is 2. The molecule has 0 spiro atoms. The number of hydrogen-bond acceptors (Lipinski definition) is 4. The zero-order chi connectivity index (χ0) is 22.5. The molecule has 0 aliphatic carbocycles. The minimum atomic E-state index is -0.315. The minimum Gasteiger partial charge on any atom is -0.325 e. The molecule has 0 atom stereocenters. The molecule has 1 N–H and O–H groups in total. The van der Waals surface area contributed by atoms with E-state index in [1.807, 2.05) is 60.0 Å². The minimum absolute atomic E-state index is 0.144. The maximum Gasteiger partial charge on any atom is 0.234 e. The first-order chi connectivity index (χ1) is 15.5. The fourth-order valence-corrected chi connectivity index (χ4v) is 4.20. The van der Waals surface area contributed by atoms with Crippen molar-refractivity contribution in [2.75, 3.05) is 11.1 Å². The lowest BCUT2D eigenvalue weighted by molar-refractivity contribution is -0.113. The maximum atomic E-state index is 13.5. The molecular formula is C24H20BrFN4OS. The molecule has 162 valence electrons. The molecule has 0 radical (unpaired) electrons. The Kier molecular flexibility index (Phi) is 7.02. The Labute approximate surface area is 198 Å². The van der Waals surface area contributed by atoms with Crippen molar-refractivity contribution in [1.29, 1.82) is 0 Å². The van der Waals surface area contributed by atoms with Crippen molar-refractivity contribution < 1.29 is 9.18 Å². The monoisotopic (exact) mass is 510 g/mol. The van der Waals surface area contributed by atoms with Crippen LogP contribution < -0.4 is 5.32 Å². The molecule has 0 bridgehead atoms. The van der Waals surface area contributed by atoms with E-state index in [0.29, 0.717) is 17.4 Å². The first-order valence-corrected chi connectivity index (χ1v) is 11.7. The fourth-order valence-electron chi connectivity index (χ4n) is 3.19. The summed E-state index contributed by atoms with van der Waals surface area (Å²) in [5.41, 5.74) is 3.61. The Balaban J connectivity index is 1.54. The highest BCUT2D eigenvalue weighted by Gasteiger charge is 2.16. The van der Waals surface area contributed by atoms with Gasteiger partial charge in [0.2, 0.25) is 5.91 Å². The van der Waals surface area contributed by atoms with Crippen LogP contribution in [-0.2, 0) is 11.2 Å². The van der Waals surface area contributed by atoms with Gasteiger partial charge in [-0.2, -0.15) is 0 Å². The summed E-state index contributed by atoms with van der Waals surface area (Å²) in [6.07, 6.45) is 0.566. The molecular weight excluding hydrogens is 491 g/mol. The summed E-state index contributed by atoms with van der Waals surface area (Å²) >= 11 is 4.75. The summed E-state index contributed by atoms with van der Waals surface area (Å²) in [6.45, 7) is 1.97. The third-order valence-corrected chi connectivity index (χ3v) is 6.58. The number of nitrogens with one attached hydrogen (secondary N) is 1. The highest BCUT2D eigenvalue weighted by Crippen LogP contribution is 2.25. The average molecular weight is 511 g/mol. The Morgan fingerprint density at radius 1 is 1.06 bits per heavy atom. The standard InChI is InChI=1S/C24H20BrFN4OS/c1-16-13-19(9-12-21(16)25)27-23(31)15-32-24-29-28-22(14-17-5-3-2-4-6-17)30(24)20-10-7-18(26)8-11-20/h2-13H,14-15H2,1H3,(H,27,31). The lowest BCUT2D eigenvalue weighted by Crippen LogP contribution is -2.14. The number of amides is 1. The third-order valence-electron chi connectivity index (χ3n) is 4.76. The molecule has 3 aromatic carbocycles. The van der Waals surface area contributed by atoms with Crippen molar-refractivity contribution in [1.82, 2.24) is 14.8 Å². The normalized spacial score (nSPS) is 10.8. The van der Waals surface area contributed by atoms with E-state index in [2.05, 4.69) is 31.4 Å². The highest BCUT2D eigenvalue weighted by atomic mass is 79.9. The smallest absolute Gasteiger partial charge is 0.234 e. The molecule has 0 aliphatic heterocycles. The van der Waals surface area contributed by atoms with Crippen molar-refractivity contribution in [3.63, 3.8) is 0 Å². The third kappa shape index (κ3) is 5.44. The quantitative estimate of drug-likeness (QED) is 0.319. The van der Waals surface area contributed by atoms with Crippen LogP contribution in [0, 0.1) is 12.7 Å². The predicted octanol–water partition coefficient (Wildman–Crippen LogP) is 5.80. The molecule has 1 aromatic heterocycles. The van der Waals surface area contributed by atoms with Gasteiger partial charge in [-0.05, 0) is 60.5 Å². The number of carbonyl (C=O) groups excluding carboxylic acids is 1. The lowest BCUT2D eigenvalue weighted by Gasteiger charge is -2.11. The van der Waals surface area contributed by atoms with Gasteiger partial charge in [-0.15, -0.1) is 10.2 Å². The van der Waals surface area contributed by atoms with Crippen molar-refractivity contribution in [2.24, 2.45) is 0 Å². The van der Waals surface area contributed by atoms with E-state index < -0.39 is 0 Å². The Morgan fingerprint density at radius 3 is 2.53 bits per heavy atom. The summed E-state index contributed by atoms with van der Waals surface area (Å²) in [4.78, 5) is 12.5. The summed E-state index contributed by atoms with van der Waals surface area (Å²) in [5, 5.41) is 12.1. The number of aryl methyl sites for hydroxylation is 1. The molecule has 0 aliphatic rings. The fraction of sp³-hybridized carbons (Fsp3) is 0.125. The van der Waals surface area contributed by atoms with Gasteiger partial charge in [0, 0.05) is 22.3 Å². The van der Waals surface area contributed by atoms with Crippen LogP contribution in [0.1, 0.15) is 17.0 Å². The van der Waals surface area contributed by atoms with Crippen LogP contribution in [0.4, 0.5) is 10.1 Å². The van der Waals surface area contributed by atoms with Crippen LogP contribution in [0.2, 0.25) is 0 Å². The first-order valence-electron chi connectivity index (χ1n) is 9.92. The van der Waals surface area contributed by atoms with Gasteiger partial charge < -0.3 is 5.32 Å². The lowest BCUT2D eigenvalue weighted by atomic mass is 10.1. The van der Waals surface area contributed by atoms with E-state index in [1.54, 1.807) is 12.1 Å². The topological polar surface area (TPSA) is 59.8 Å². The van der Waals surface area contributed by atoms with Crippen LogP contribution in [0.3, 0.4) is 0 Å². The van der Waals surface area contributed by atoms with Gasteiger partial charge in [0.05, 0.1) is 5.75 Å². The van der Waals surface area contributed by atoms with Gasteiger partial charge in [0.25, 0.3) is 0 Å². The van der Waals surface area contributed by atoms with Gasteiger partial charge in [0.15, 0.2) is 5.16 Å². The maximum absolute atomic E-state index is 13.5. The van der Waals surface area contributed by atoms with E-state index in [1.165, 1.54) is 23.9 Å². The van der Waals surface area contributed by atoms with E-state index in [-0.39, 0.29) is 17.5 Å². The van der Waals surface area contributed by atoms with Gasteiger partial charge in [0.1, 0.15) is 11.6 Å². The molecule has 0 saturated heterocycles. The van der Waals surface area contributed by atoms with Crippen LogP contribution in [0.15, 0.2) is 82.4 Å². The van der Waals surface area contributed by atoms with Crippen molar-refractivity contribution >= 4 is 39.3 Å². The first kappa shape index (κ1) is 22.2. The largest absolute Gasteiger partial charge is 0.325 e. The van der Waals surface area contributed by atoms with E-state index in [4.69, 9.17) is 0 Å². The number of benzene rings is 3. The molecule has 0 fully saturated rings. The average Bonchev–Trinajstić information content (AvgIpc) is 3.18. The molecule has 8 heteroatoms. The van der Waals surface area contributed by atoms with Crippen LogP contribution in [0.5, 0.6) is 0 Å². The van der Waals surface area contributed by atoms with Gasteiger partial charge in [-0.25, -0.2) is 4.39 Å². The number of aromatic nitrogens is 3. The number of hydrogen-bond donors (Lipinski definition) is 1. The number of carbonyl (C=O) groups is 1. The highest BCUT2D eigenvalue weighted by molar-refractivity contribution is 9.10. The van der Waals surface area contributed by atoms with E-state index >= 15 is 0 Å². The van der Waals surface area contributed by atoms with Crippen molar-refractivity contribution in [3.05, 3.63) is 100 Å². The zero-order valence-electron chi connectivity index (χ0n) is 17.3. The van der Waals surface area contributed by atoms with Gasteiger partial charge in [-0.3, -0.25) is 9.36 Å². The van der Waals surface area contributed by atoms with Crippen LogP contribution >= 0.6 is 27.7 Å². The zero-order valence-corrected chi connectivity index (χ0v) is 19.7. The Morgan fingerprint density at radius 2 is 1.81 bits per heavy atom. The van der Waals surface area contributed by atoms with E-state index in [9.17, 15) is 9.18 Å². The number of thioether (sulfide) groups is 1.